The Morgan fingerprint density at radius 1 is 1.48 bits per heavy atom. The highest BCUT2D eigenvalue weighted by Gasteiger charge is 2.39. The lowest BCUT2D eigenvalue weighted by Gasteiger charge is -2.22. The molecule has 0 radical (unpaired) electrons. The standard InChI is InChI=1S/C12H21N7O2/c1-12(11(21)14-2)3-4-18(8-12)5-6-19-7-9(16-17-19)10(20)15-13/h7H,3-6,8,13H2,1-2H3,(H,14,21)(H,15,20). The van der Waals surface area contributed by atoms with Gasteiger partial charge < -0.3 is 10.2 Å². The first kappa shape index (κ1) is 15.4. The molecule has 9 nitrogen and oxygen atoms in total. The zero-order valence-electron chi connectivity index (χ0n) is 12.3. The monoisotopic (exact) mass is 295 g/mol. The minimum absolute atomic E-state index is 0.0765. The molecule has 1 atom stereocenters. The van der Waals surface area contributed by atoms with Crippen LogP contribution in [0.2, 0.25) is 0 Å². The molecule has 4 N–H and O–H groups in total. The van der Waals surface area contributed by atoms with Gasteiger partial charge in [0.1, 0.15) is 0 Å². The van der Waals surface area contributed by atoms with E-state index in [1.54, 1.807) is 17.9 Å². The molecule has 2 rings (SSSR count). The van der Waals surface area contributed by atoms with Gasteiger partial charge in [-0.05, 0) is 19.9 Å². The van der Waals surface area contributed by atoms with E-state index >= 15 is 0 Å². The first-order chi connectivity index (χ1) is 9.98. The average molecular weight is 295 g/mol. The lowest BCUT2D eigenvalue weighted by atomic mass is 9.89. The van der Waals surface area contributed by atoms with Gasteiger partial charge in [0.2, 0.25) is 5.91 Å². The topological polar surface area (TPSA) is 118 Å². The van der Waals surface area contributed by atoms with Gasteiger partial charge in [-0.15, -0.1) is 5.10 Å². The number of amides is 2. The first-order valence-electron chi connectivity index (χ1n) is 6.84. The van der Waals surface area contributed by atoms with E-state index < -0.39 is 5.91 Å². The van der Waals surface area contributed by atoms with Crippen molar-refractivity contribution >= 4 is 11.8 Å². The Labute approximate surface area is 122 Å². The summed E-state index contributed by atoms with van der Waals surface area (Å²) >= 11 is 0. The Bertz CT molecular complexity index is 529. The van der Waals surface area contributed by atoms with E-state index in [1.165, 1.54) is 0 Å². The number of aromatic nitrogens is 3. The van der Waals surface area contributed by atoms with Crippen molar-refractivity contribution in [2.24, 2.45) is 11.3 Å². The number of likely N-dealkylation sites (tertiary alicyclic amines) is 1. The fourth-order valence-corrected chi connectivity index (χ4v) is 2.56. The van der Waals surface area contributed by atoms with Crippen LogP contribution in [0.15, 0.2) is 6.20 Å². The van der Waals surface area contributed by atoms with E-state index in [0.29, 0.717) is 6.54 Å². The normalized spacial score (nSPS) is 22.2. The van der Waals surface area contributed by atoms with Gasteiger partial charge in [-0.3, -0.25) is 19.7 Å². The summed E-state index contributed by atoms with van der Waals surface area (Å²) in [7, 11) is 1.66. The molecule has 2 heterocycles. The third-order valence-corrected chi connectivity index (χ3v) is 3.88. The van der Waals surface area contributed by atoms with E-state index in [0.717, 1.165) is 26.1 Å². The van der Waals surface area contributed by atoms with Crippen LogP contribution in [0.4, 0.5) is 0 Å². The van der Waals surface area contributed by atoms with Gasteiger partial charge in [0.05, 0.1) is 18.2 Å². The molecule has 1 aromatic heterocycles. The van der Waals surface area contributed by atoms with Crippen molar-refractivity contribution in [2.45, 2.75) is 19.9 Å². The predicted molar refractivity (Wildman–Crippen MR) is 74.9 cm³/mol. The maximum Gasteiger partial charge on any atom is 0.287 e. The molecule has 0 spiro atoms. The van der Waals surface area contributed by atoms with Crippen LogP contribution in [0.5, 0.6) is 0 Å². The fraction of sp³-hybridized carbons (Fsp3) is 0.667. The molecular weight excluding hydrogens is 274 g/mol. The van der Waals surface area contributed by atoms with Crippen LogP contribution in [0, 0.1) is 5.41 Å². The summed E-state index contributed by atoms with van der Waals surface area (Å²) in [6, 6.07) is 0. The highest BCUT2D eigenvalue weighted by Crippen LogP contribution is 2.29. The van der Waals surface area contributed by atoms with Gasteiger partial charge in [-0.25, -0.2) is 5.84 Å². The van der Waals surface area contributed by atoms with Gasteiger partial charge in [0.15, 0.2) is 5.69 Å². The van der Waals surface area contributed by atoms with E-state index in [-0.39, 0.29) is 17.0 Å². The number of rotatable bonds is 5. The van der Waals surface area contributed by atoms with E-state index in [1.807, 2.05) is 12.3 Å². The van der Waals surface area contributed by atoms with Gasteiger partial charge >= 0.3 is 0 Å². The molecule has 1 fully saturated rings. The van der Waals surface area contributed by atoms with E-state index in [9.17, 15) is 9.59 Å². The summed E-state index contributed by atoms with van der Waals surface area (Å²) in [5.41, 5.74) is 1.87. The molecule has 9 heteroatoms. The zero-order valence-corrected chi connectivity index (χ0v) is 12.3. The number of nitrogens with one attached hydrogen (secondary N) is 2. The molecule has 116 valence electrons. The van der Waals surface area contributed by atoms with Crippen molar-refractivity contribution in [3.63, 3.8) is 0 Å². The number of carbonyl (C=O) groups excluding carboxylic acids is 2. The van der Waals surface area contributed by atoms with Gasteiger partial charge in [-0.1, -0.05) is 5.21 Å². The highest BCUT2D eigenvalue weighted by molar-refractivity contribution is 5.91. The summed E-state index contributed by atoms with van der Waals surface area (Å²) < 4.78 is 1.60. The molecule has 1 aliphatic heterocycles. The minimum Gasteiger partial charge on any atom is -0.359 e. The summed E-state index contributed by atoms with van der Waals surface area (Å²) in [6.45, 7) is 4.92. The maximum absolute atomic E-state index is 11.8. The van der Waals surface area contributed by atoms with Gasteiger partial charge in [-0.2, -0.15) is 0 Å². The molecule has 2 amide bonds. The van der Waals surface area contributed by atoms with Crippen LogP contribution in [-0.2, 0) is 11.3 Å². The second kappa shape index (κ2) is 6.19. The van der Waals surface area contributed by atoms with Crippen molar-refractivity contribution in [1.29, 1.82) is 0 Å². The third-order valence-electron chi connectivity index (χ3n) is 3.88. The summed E-state index contributed by atoms with van der Waals surface area (Å²) in [4.78, 5) is 25.3. The molecule has 0 saturated carbocycles. The van der Waals surface area contributed by atoms with Crippen LogP contribution in [-0.4, -0.2) is 58.4 Å². The highest BCUT2D eigenvalue weighted by atomic mass is 16.2. The van der Waals surface area contributed by atoms with Crippen molar-refractivity contribution in [1.82, 2.24) is 30.6 Å². The van der Waals surface area contributed by atoms with Crippen LogP contribution in [0.25, 0.3) is 0 Å². The Balaban J connectivity index is 1.86. The Morgan fingerprint density at radius 2 is 2.24 bits per heavy atom. The first-order valence-corrected chi connectivity index (χ1v) is 6.84. The van der Waals surface area contributed by atoms with E-state index in [4.69, 9.17) is 5.84 Å². The van der Waals surface area contributed by atoms with Crippen LogP contribution in [0.1, 0.15) is 23.8 Å². The number of hydrazine groups is 1. The van der Waals surface area contributed by atoms with Gasteiger partial charge in [0, 0.05) is 20.1 Å². The molecule has 1 aromatic rings. The van der Waals surface area contributed by atoms with Crippen molar-refractivity contribution in [3.8, 4) is 0 Å². The molecule has 1 aliphatic rings. The fourth-order valence-electron chi connectivity index (χ4n) is 2.56. The third kappa shape index (κ3) is 3.37. The van der Waals surface area contributed by atoms with E-state index in [2.05, 4.69) is 20.5 Å². The van der Waals surface area contributed by atoms with Gasteiger partial charge in [0.25, 0.3) is 5.91 Å². The molecule has 1 unspecified atom stereocenters. The molecule has 0 aliphatic carbocycles. The average Bonchev–Trinajstić information content (AvgIpc) is 3.11. The van der Waals surface area contributed by atoms with Crippen molar-refractivity contribution < 1.29 is 9.59 Å². The number of nitrogen functional groups attached to an aromatic ring is 1. The zero-order chi connectivity index (χ0) is 15.5. The molecule has 0 bridgehead atoms. The van der Waals surface area contributed by atoms with Crippen LogP contribution >= 0.6 is 0 Å². The number of hydrogen-bond acceptors (Lipinski definition) is 6. The summed E-state index contributed by atoms with van der Waals surface area (Å²) in [6.07, 6.45) is 2.39. The smallest absolute Gasteiger partial charge is 0.287 e. The second-order valence-corrected chi connectivity index (χ2v) is 5.51. The quantitative estimate of drug-likeness (QED) is 0.340. The SMILES string of the molecule is CNC(=O)C1(C)CCN(CCn2cc(C(=O)NN)nn2)C1. The Morgan fingerprint density at radius 3 is 2.90 bits per heavy atom. The van der Waals surface area contributed by atoms with Crippen molar-refractivity contribution in [2.75, 3.05) is 26.7 Å². The number of nitrogens with zero attached hydrogens (tertiary/aromatic N) is 4. The largest absolute Gasteiger partial charge is 0.359 e. The van der Waals surface area contributed by atoms with Crippen LogP contribution in [0.3, 0.4) is 0 Å². The molecule has 21 heavy (non-hydrogen) atoms. The lowest BCUT2D eigenvalue weighted by Crippen LogP contribution is -2.39. The maximum atomic E-state index is 11.8. The minimum atomic E-state index is -0.463. The summed E-state index contributed by atoms with van der Waals surface area (Å²) in [5, 5.41) is 10.3. The Hall–Kier alpha value is -2.00. The lowest BCUT2D eigenvalue weighted by molar-refractivity contribution is -0.129. The predicted octanol–water partition coefficient (Wildman–Crippen LogP) is -1.66. The second-order valence-electron chi connectivity index (χ2n) is 5.51. The van der Waals surface area contributed by atoms with Crippen LogP contribution < -0.4 is 16.6 Å². The molecule has 1 saturated heterocycles. The summed E-state index contributed by atoms with van der Waals surface area (Å²) in [5.74, 6) is 4.65. The number of hydrogen-bond donors (Lipinski definition) is 3. The number of carbonyl (C=O) groups is 2. The van der Waals surface area contributed by atoms with Crippen molar-refractivity contribution in [3.05, 3.63) is 11.9 Å². The molecule has 0 aromatic carbocycles. The number of nitrogens with two attached hydrogens (primary N) is 1. The molecular formula is C12H21N7O2. The Kier molecular flexibility index (Phi) is 4.53.